The molecule has 0 saturated heterocycles. The van der Waals surface area contributed by atoms with E-state index in [0.717, 1.165) is 22.1 Å². The van der Waals surface area contributed by atoms with Crippen LogP contribution in [0.2, 0.25) is 0 Å². The number of fused-ring (bicyclic) bond motifs is 1. The third-order valence-corrected chi connectivity index (χ3v) is 7.79. The summed E-state index contributed by atoms with van der Waals surface area (Å²) in [6, 6.07) is 26.4. The van der Waals surface area contributed by atoms with Crippen LogP contribution in [0.25, 0.3) is 22.0 Å². The van der Waals surface area contributed by atoms with Crippen LogP contribution in [0.3, 0.4) is 0 Å². The average Bonchev–Trinajstić information content (AvgIpc) is 3.33. The fourth-order valence-electron chi connectivity index (χ4n) is 4.15. The fourth-order valence-corrected chi connectivity index (χ4v) is 5.52. The number of aromatic nitrogens is 1. The molecule has 37 heavy (non-hydrogen) atoms. The second kappa shape index (κ2) is 9.91. The number of nitrogens with zero attached hydrogens (tertiary/aromatic N) is 1. The highest BCUT2D eigenvalue weighted by atomic mass is 32.2. The van der Waals surface area contributed by atoms with Crippen molar-refractivity contribution < 1.29 is 22.3 Å². The maximum absolute atomic E-state index is 13.6. The van der Waals surface area contributed by atoms with Crippen LogP contribution >= 0.6 is 0 Å². The van der Waals surface area contributed by atoms with E-state index in [1.54, 1.807) is 37.6 Å². The Morgan fingerprint density at radius 1 is 0.919 bits per heavy atom. The molecular formula is C29H23FN2O4S. The van der Waals surface area contributed by atoms with Crippen molar-refractivity contribution in [3.05, 3.63) is 120 Å². The van der Waals surface area contributed by atoms with Crippen molar-refractivity contribution in [1.82, 2.24) is 9.29 Å². The van der Waals surface area contributed by atoms with E-state index in [2.05, 4.69) is 5.32 Å². The van der Waals surface area contributed by atoms with Gasteiger partial charge in [0, 0.05) is 29.3 Å². The molecule has 0 aliphatic heterocycles. The van der Waals surface area contributed by atoms with Gasteiger partial charge in [0.15, 0.2) is 0 Å². The predicted molar refractivity (Wildman–Crippen MR) is 141 cm³/mol. The van der Waals surface area contributed by atoms with E-state index in [0.29, 0.717) is 16.8 Å². The Labute approximate surface area is 214 Å². The number of hydrogen-bond donors (Lipinski definition) is 1. The molecule has 5 aromatic rings. The van der Waals surface area contributed by atoms with Gasteiger partial charge in [-0.1, -0.05) is 42.5 Å². The topological polar surface area (TPSA) is 77.4 Å². The minimum absolute atomic E-state index is 0.0560. The molecular weight excluding hydrogens is 491 g/mol. The molecule has 6 nitrogen and oxygen atoms in total. The summed E-state index contributed by atoms with van der Waals surface area (Å²) in [6.45, 7) is 0.224. The summed E-state index contributed by atoms with van der Waals surface area (Å²) in [5, 5.41) is 3.54. The predicted octanol–water partition coefficient (Wildman–Crippen LogP) is 5.62. The molecule has 0 aliphatic carbocycles. The van der Waals surface area contributed by atoms with E-state index in [9.17, 15) is 17.6 Å². The van der Waals surface area contributed by atoms with Gasteiger partial charge in [0.2, 0.25) is 0 Å². The molecule has 0 atom stereocenters. The first-order valence-electron chi connectivity index (χ1n) is 11.5. The number of hydrogen-bond acceptors (Lipinski definition) is 4. The average molecular weight is 515 g/mol. The van der Waals surface area contributed by atoms with Crippen LogP contribution in [0.15, 0.2) is 108 Å². The van der Waals surface area contributed by atoms with E-state index in [1.807, 2.05) is 36.4 Å². The van der Waals surface area contributed by atoms with E-state index < -0.39 is 10.0 Å². The van der Waals surface area contributed by atoms with Crippen molar-refractivity contribution >= 4 is 26.8 Å². The van der Waals surface area contributed by atoms with Crippen molar-refractivity contribution in [2.45, 2.75) is 11.4 Å². The zero-order valence-electron chi connectivity index (χ0n) is 19.9. The number of amides is 1. The van der Waals surface area contributed by atoms with E-state index in [4.69, 9.17) is 4.74 Å². The normalized spacial score (nSPS) is 11.4. The molecule has 1 N–H and O–H groups in total. The molecule has 1 heterocycles. The van der Waals surface area contributed by atoms with Crippen LogP contribution in [0.4, 0.5) is 4.39 Å². The molecule has 0 unspecified atom stereocenters. The van der Waals surface area contributed by atoms with Gasteiger partial charge in [-0.15, -0.1) is 0 Å². The summed E-state index contributed by atoms with van der Waals surface area (Å²) in [5.74, 6) is -0.0385. The highest BCUT2D eigenvalue weighted by molar-refractivity contribution is 7.90. The largest absolute Gasteiger partial charge is 0.497 e. The summed E-state index contributed by atoms with van der Waals surface area (Å²) in [6.07, 6.45) is 1.61. The Bertz CT molecular complexity index is 1690. The number of methoxy groups -OCH3 is 1. The number of nitrogens with one attached hydrogen (secondary N) is 1. The van der Waals surface area contributed by atoms with Gasteiger partial charge < -0.3 is 10.1 Å². The van der Waals surface area contributed by atoms with Crippen LogP contribution in [-0.2, 0) is 16.6 Å². The monoisotopic (exact) mass is 514 g/mol. The van der Waals surface area contributed by atoms with Gasteiger partial charge >= 0.3 is 0 Å². The minimum atomic E-state index is -3.95. The first-order valence-corrected chi connectivity index (χ1v) is 12.9. The number of ether oxygens (including phenoxy) is 1. The fraction of sp³-hybridized carbons (Fsp3) is 0.0690. The summed E-state index contributed by atoms with van der Waals surface area (Å²) in [5.41, 5.74) is 3.20. The molecule has 0 spiro atoms. The third-order valence-electron chi connectivity index (χ3n) is 6.10. The van der Waals surface area contributed by atoms with Gasteiger partial charge in [-0.05, 0) is 65.7 Å². The Hall–Kier alpha value is -4.43. The second-order valence-electron chi connectivity index (χ2n) is 8.43. The van der Waals surface area contributed by atoms with Gasteiger partial charge in [-0.3, -0.25) is 4.79 Å². The third kappa shape index (κ3) is 4.83. The van der Waals surface area contributed by atoms with Crippen molar-refractivity contribution in [2.24, 2.45) is 0 Å². The van der Waals surface area contributed by atoms with Gasteiger partial charge in [-0.25, -0.2) is 16.8 Å². The van der Waals surface area contributed by atoms with Crippen molar-refractivity contribution in [2.75, 3.05) is 7.11 Å². The Morgan fingerprint density at radius 3 is 2.38 bits per heavy atom. The SMILES string of the molecule is COc1cccc(-c2cn(S(=O)(=O)c3ccc(C(=O)NCc4ccc(F)cc4)cc3)c3ccccc23)c1. The molecule has 8 heteroatoms. The number of para-hydroxylation sites is 1. The highest BCUT2D eigenvalue weighted by Crippen LogP contribution is 2.34. The van der Waals surface area contributed by atoms with Crippen molar-refractivity contribution in [3.63, 3.8) is 0 Å². The zero-order chi connectivity index (χ0) is 26.0. The molecule has 0 radical (unpaired) electrons. The number of carbonyl (C=O) groups is 1. The van der Waals surface area contributed by atoms with Gasteiger partial charge in [0.05, 0.1) is 17.5 Å². The Morgan fingerprint density at radius 2 is 1.65 bits per heavy atom. The van der Waals surface area contributed by atoms with Crippen LogP contribution in [0.5, 0.6) is 5.75 Å². The molecule has 186 valence electrons. The van der Waals surface area contributed by atoms with Crippen molar-refractivity contribution in [1.29, 1.82) is 0 Å². The first-order chi connectivity index (χ1) is 17.9. The standard InChI is InChI=1S/C29H23FN2O4S/c1-36-24-6-4-5-22(17-24)27-19-32(28-8-3-2-7-26(27)28)37(34,35)25-15-11-21(12-16-25)29(33)31-18-20-9-13-23(30)14-10-20/h2-17,19H,18H2,1H3,(H,31,33). The first kappa shape index (κ1) is 24.3. The highest BCUT2D eigenvalue weighted by Gasteiger charge is 2.22. The summed E-state index contributed by atoms with van der Waals surface area (Å²) >= 11 is 0. The lowest BCUT2D eigenvalue weighted by atomic mass is 10.0. The van der Waals surface area contributed by atoms with Gasteiger partial charge in [-0.2, -0.15) is 0 Å². The summed E-state index contributed by atoms with van der Waals surface area (Å²) < 4.78 is 47.0. The molecule has 1 aromatic heterocycles. The summed E-state index contributed by atoms with van der Waals surface area (Å²) in [7, 11) is -2.37. The second-order valence-corrected chi connectivity index (χ2v) is 10.2. The quantitative estimate of drug-likeness (QED) is 0.306. The lowest BCUT2D eigenvalue weighted by Gasteiger charge is -2.09. The maximum Gasteiger partial charge on any atom is 0.268 e. The molecule has 0 saturated carbocycles. The van der Waals surface area contributed by atoms with Gasteiger partial charge in [0.25, 0.3) is 15.9 Å². The van der Waals surface area contributed by atoms with Crippen LogP contribution in [-0.4, -0.2) is 25.4 Å². The van der Waals surface area contributed by atoms with Crippen LogP contribution in [0, 0.1) is 5.82 Å². The minimum Gasteiger partial charge on any atom is -0.497 e. The molecule has 5 rings (SSSR count). The lowest BCUT2D eigenvalue weighted by molar-refractivity contribution is 0.0951. The van der Waals surface area contributed by atoms with Crippen LogP contribution in [0.1, 0.15) is 15.9 Å². The molecule has 0 fully saturated rings. The lowest BCUT2D eigenvalue weighted by Crippen LogP contribution is -2.22. The van der Waals surface area contributed by atoms with E-state index in [1.165, 1.54) is 40.4 Å². The molecule has 0 aliphatic rings. The number of carbonyl (C=O) groups excluding carboxylic acids is 1. The molecule has 0 bridgehead atoms. The van der Waals surface area contributed by atoms with E-state index in [-0.39, 0.29) is 23.2 Å². The number of halogens is 1. The smallest absolute Gasteiger partial charge is 0.268 e. The van der Waals surface area contributed by atoms with E-state index >= 15 is 0 Å². The number of rotatable bonds is 7. The Balaban J connectivity index is 1.44. The Kier molecular flexibility index (Phi) is 6.50. The number of benzene rings is 4. The molecule has 4 aromatic carbocycles. The van der Waals surface area contributed by atoms with Gasteiger partial charge in [0.1, 0.15) is 11.6 Å². The van der Waals surface area contributed by atoms with Crippen molar-refractivity contribution in [3.8, 4) is 16.9 Å². The van der Waals surface area contributed by atoms with Crippen LogP contribution < -0.4 is 10.1 Å². The summed E-state index contributed by atoms with van der Waals surface area (Å²) in [4.78, 5) is 12.6. The maximum atomic E-state index is 13.6. The zero-order valence-corrected chi connectivity index (χ0v) is 20.7. The molecule has 1 amide bonds.